The number of rotatable bonds is 6. The third-order valence-corrected chi connectivity index (χ3v) is 4.18. The summed E-state index contributed by atoms with van der Waals surface area (Å²) < 4.78 is 0.947. The van der Waals surface area contributed by atoms with Crippen LogP contribution in [0.15, 0.2) is 24.5 Å². The third-order valence-electron chi connectivity index (χ3n) is 3.39. The number of aromatic nitrogens is 2. The van der Waals surface area contributed by atoms with Crippen LogP contribution in [0.2, 0.25) is 0 Å². The van der Waals surface area contributed by atoms with Crippen molar-refractivity contribution in [2.45, 2.75) is 13.8 Å². The maximum absolute atomic E-state index is 12.1. The van der Waals surface area contributed by atoms with Crippen molar-refractivity contribution in [1.29, 1.82) is 0 Å². The highest BCUT2D eigenvalue weighted by Crippen LogP contribution is 2.17. The maximum Gasteiger partial charge on any atom is 0.269 e. The number of amides is 1. The Morgan fingerprint density at radius 1 is 1.22 bits per heavy atom. The predicted molar refractivity (Wildman–Crippen MR) is 107 cm³/mol. The fourth-order valence-corrected chi connectivity index (χ4v) is 2.69. The summed E-state index contributed by atoms with van der Waals surface area (Å²) in [5.41, 5.74) is 1.27. The van der Waals surface area contributed by atoms with Crippen molar-refractivity contribution in [1.82, 2.24) is 20.2 Å². The molecule has 1 N–H and O–H groups in total. The Morgan fingerprint density at radius 3 is 2.57 bits per heavy atom. The second-order valence-electron chi connectivity index (χ2n) is 4.67. The van der Waals surface area contributed by atoms with E-state index in [1.54, 1.807) is 18.5 Å². The first kappa shape index (κ1) is 22.3. The molecule has 23 heavy (non-hydrogen) atoms. The Bertz CT molecular complexity index is 638. The number of halogens is 3. The highest BCUT2D eigenvalue weighted by Gasteiger charge is 2.09. The molecule has 0 aliphatic carbocycles. The molecule has 1 amide bonds. The van der Waals surface area contributed by atoms with E-state index in [4.69, 9.17) is 0 Å². The van der Waals surface area contributed by atoms with E-state index in [1.165, 1.54) is 0 Å². The van der Waals surface area contributed by atoms with Gasteiger partial charge in [0.25, 0.3) is 5.91 Å². The smallest absolute Gasteiger partial charge is 0.269 e. The molecule has 5 nitrogen and oxygen atoms in total. The summed E-state index contributed by atoms with van der Waals surface area (Å²) >= 11 is 2.18. The van der Waals surface area contributed by atoms with E-state index in [9.17, 15) is 4.79 Å². The standard InChI is InChI=1S/C15H19IN4O.2ClH/c1-3-20(4-2)8-7-18-15(21)13-6-5-11-9-17-10-12(16)14(11)19-13;;/h5-6,9-10H,3-4,7-8H2,1-2H3,(H,18,21);2*1H/i16-2;;. The molecule has 0 saturated heterocycles. The zero-order valence-electron chi connectivity index (χ0n) is 13.1. The minimum Gasteiger partial charge on any atom is -0.349 e. The summed E-state index contributed by atoms with van der Waals surface area (Å²) in [6.45, 7) is 7.71. The van der Waals surface area contributed by atoms with Crippen LogP contribution in [0.4, 0.5) is 0 Å². The van der Waals surface area contributed by atoms with E-state index in [1.807, 2.05) is 6.07 Å². The molecule has 0 radical (unpaired) electrons. The average Bonchev–Trinajstić information content (AvgIpc) is 2.51. The molecular formula is C15H21Cl2IN4O. The monoisotopic (exact) mass is 468 g/mol. The van der Waals surface area contributed by atoms with Crippen molar-refractivity contribution >= 4 is 64.2 Å². The van der Waals surface area contributed by atoms with Crippen LogP contribution in [0.5, 0.6) is 0 Å². The Morgan fingerprint density at radius 2 is 1.91 bits per heavy atom. The van der Waals surface area contributed by atoms with Crippen molar-refractivity contribution in [3.63, 3.8) is 0 Å². The van der Waals surface area contributed by atoms with Crippen molar-refractivity contribution in [3.05, 3.63) is 33.8 Å². The van der Waals surface area contributed by atoms with Gasteiger partial charge in [0.05, 0.1) is 9.09 Å². The first-order valence-corrected chi connectivity index (χ1v) is 8.14. The molecule has 2 aromatic heterocycles. The zero-order chi connectivity index (χ0) is 15.2. The maximum atomic E-state index is 12.1. The number of nitrogens with one attached hydrogen (secondary N) is 1. The fourth-order valence-electron chi connectivity index (χ4n) is 2.09. The molecule has 0 fully saturated rings. The van der Waals surface area contributed by atoms with Crippen molar-refractivity contribution < 1.29 is 4.79 Å². The molecule has 2 rings (SSSR count). The lowest BCUT2D eigenvalue weighted by Gasteiger charge is -2.17. The molecule has 0 aliphatic heterocycles. The van der Waals surface area contributed by atoms with Gasteiger partial charge in [-0.25, -0.2) is 4.98 Å². The van der Waals surface area contributed by atoms with Gasteiger partial charge in [-0.15, -0.1) is 24.8 Å². The van der Waals surface area contributed by atoms with Crippen molar-refractivity contribution in [2.75, 3.05) is 26.2 Å². The van der Waals surface area contributed by atoms with Gasteiger partial charge >= 0.3 is 0 Å². The van der Waals surface area contributed by atoms with Gasteiger partial charge in [-0.1, -0.05) is 13.8 Å². The summed E-state index contributed by atoms with van der Waals surface area (Å²) in [7, 11) is 0. The van der Waals surface area contributed by atoms with E-state index in [2.05, 4.69) is 56.6 Å². The van der Waals surface area contributed by atoms with Gasteiger partial charge in [0.2, 0.25) is 0 Å². The Hall–Kier alpha value is -0.700. The lowest BCUT2D eigenvalue weighted by molar-refractivity contribution is 0.0944. The zero-order valence-corrected chi connectivity index (χ0v) is 16.9. The normalized spacial score (nSPS) is 10.1. The number of carbonyl (C=O) groups excluding carboxylic acids is 1. The number of likely N-dealkylation sites (N-methyl/N-ethyl adjacent to an activating group) is 1. The molecule has 2 aromatic rings. The van der Waals surface area contributed by atoms with E-state index < -0.39 is 0 Å². The summed E-state index contributed by atoms with van der Waals surface area (Å²) in [5, 5.41) is 3.87. The SMILES string of the molecule is CCN(CC)CCNC(=O)c1ccc2cncc([125I])c2n1.Cl.Cl. The largest absolute Gasteiger partial charge is 0.349 e. The van der Waals surface area contributed by atoms with Gasteiger partial charge in [0, 0.05) is 30.9 Å². The fraction of sp³-hybridized carbons (Fsp3) is 0.400. The van der Waals surface area contributed by atoms with Gasteiger partial charge in [-0.2, -0.15) is 0 Å². The number of hydrogen-bond donors (Lipinski definition) is 1. The molecule has 0 aromatic carbocycles. The van der Waals surface area contributed by atoms with Gasteiger partial charge in [0.15, 0.2) is 0 Å². The van der Waals surface area contributed by atoms with E-state index >= 15 is 0 Å². The first-order chi connectivity index (χ1) is 10.2. The summed E-state index contributed by atoms with van der Waals surface area (Å²) in [5.74, 6) is -0.128. The molecule has 0 saturated carbocycles. The molecule has 0 aliphatic rings. The van der Waals surface area contributed by atoms with Crippen LogP contribution in [0, 0.1) is 3.57 Å². The Kier molecular flexibility index (Phi) is 10.6. The summed E-state index contributed by atoms with van der Waals surface area (Å²) in [4.78, 5) is 23.0. The van der Waals surface area contributed by atoms with Crippen molar-refractivity contribution in [2.24, 2.45) is 0 Å². The Balaban J connectivity index is 0.00000242. The van der Waals surface area contributed by atoms with Crippen LogP contribution < -0.4 is 5.32 Å². The highest BCUT2D eigenvalue weighted by molar-refractivity contribution is 14.1. The quantitative estimate of drug-likeness (QED) is 0.661. The highest BCUT2D eigenvalue weighted by atomic mass is 125. The number of nitrogens with zero attached hydrogens (tertiary/aromatic N) is 3. The lowest BCUT2D eigenvalue weighted by Crippen LogP contribution is -2.35. The summed E-state index contributed by atoms with van der Waals surface area (Å²) in [6.07, 6.45) is 3.50. The van der Waals surface area contributed by atoms with E-state index in [0.29, 0.717) is 12.2 Å². The number of pyridine rings is 2. The Labute approximate surface area is 162 Å². The molecule has 0 unspecified atom stereocenters. The van der Waals surface area contributed by atoms with E-state index in [0.717, 1.165) is 34.1 Å². The molecule has 0 bridgehead atoms. The van der Waals surface area contributed by atoms with Crippen molar-refractivity contribution in [3.8, 4) is 0 Å². The van der Waals surface area contributed by atoms with Gasteiger partial charge in [-0.3, -0.25) is 9.78 Å². The van der Waals surface area contributed by atoms with Crippen LogP contribution in [0.1, 0.15) is 24.3 Å². The van der Waals surface area contributed by atoms with Gasteiger partial charge < -0.3 is 10.2 Å². The van der Waals surface area contributed by atoms with Gasteiger partial charge in [0.1, 0.15) is 5.69 Å². The summed E-state index contributed by atoms with van der Waals surface area (Å²) in [6, 6.07) is 3.63. The third kappa shape index (κ3) is 6.02. The molecule has 0 spiro atoms. The van der Waals surface area contributed by atoms with Crippen LogP contribution in [0.3, 0.4) is 0 Å². The molecule has 2 heterocycles. The predicted octanol–water partition coefficient (Wildman–Crippen LogP) is 3.15. The number of fused-ring (bicyclic) bond motifs is 1. The second kappa shape index (κ2) is 11.0. The minimum absolute atomic E-state index is 0. The van der Waals surface area contributed by atoms with Gasteiger partial charge in [-0.05, 0) is 47.8 Å². The first-order valence-electron chi connectivity index (χ1n) is 7.06. The molecule has 0 atom stereocenters. The van der Waals surface area contributed by atoms with E-state index in [-0.39, 0.29) is 30.7 Å². The number of carbonyl (C=O) groups is 1. The average molecular weight is 469 g/mol. The van der Waals surface area contributed by atoms with Crippen LogP contribution in [-0.2, 0) is 0 Å². The van der Waals surface area contributed by atoms with Crippen LogP contribution >= 0.6 is 47.4 Å². The lowest BCUT2D eigenvalue weighted by atomic mass is 10.2. The minimum atomic E-state index is -0.128. The number of hydrogen-bond acceptors (Lipinski definition) is 4. The second-order valence-corrected chi connectivity index (χ2v) is 5.83. The molecular weight excluding hydrogens is 448 g/mol. The topological polar surface area (TPSA) is 58.1 Å². The van der Waals surface area contributed by atoms with Crippen LogP contribution in [-0.4, -0.2) is 47.0 Å². The molecule has 128 valence electrons. The van der Waals surface area contributed by atoms with Crippen LogP contribution in [0.25, 0.3) is 10.9 Å². The molecule has 8 heteroatoms.